The molecule has 27 heavy (non-hydrogen) atoms. The summed E-state index contributed by atoms with van der Waals surface area (Å²) in [6.07, 6.45) is 3.73. The van der Waals surface area contributed by atoms with Gasteiger partial charge in [-0.05, 0) is 64.0 Å². The lowest BCUT2D eigenvalue weighted by Crippen LogP contribution is -2.17. The first-order valence-electron chi connectivity index (χ1n) is 8.92. The van der Waals surface area contributed by atoms with E-state index in [-0.39, 0.29) is 5.91 Å². The summed E-state index contributed by atoms with van der Waals surface area (Å²) in [7, 11) is 0. The van der Waals surface area contributed by atoms with Crippen LogP contribution in [-0.4, -0.2) is 18.7 Å². The quantitative estimate of drug-likeness (QED) is 0.217. The van der Waals surface area contributed by atoms with Gasteiger partial charge in [0.15, 0.2) is 0 Å². The third-order valence-corrected chi connectivity index (χ3v) is 4.80. The third-order valence-electron chi connectivity index (χ3n) is 4.13. The van der Waals surface area contributed by atoms with Crippen molar-refractivity contribution in [3.63, 3.8) is 0 Å². The predicted molar refractivity (Wildman–Crippen MR) is 119 cm³/mol. The van der Waals surface area contributed by atoms with Crippen LogP contribution < -0.4 is 10.2 Å². The van der Waals surface area contributed by atoms with Crippen LogP contribution >= 0.6 is 22.6 Å². The van der Waals surface area contributed by atoms with Gasteiger partial charge in [0, 0.05) is 14.7 Å². The summed E-state index contributed by atoms with van der Waals surface area (Å²) in [4.78, 5) is 12.3. The second kappa shape index (κ2) is 9.50. The number of carbonyl (C=O) groups is 1. The van der Waals surface area contributed by atoms with E-state index in [1.165, 1.54) is 0 Å². The van der Waals surface area contributed by atoms with E-state index in [2.05, 4.69) is 40.0 Å². The number of nitrogens with one attached hydrogen (secondary N) is 1. The molecule has 0 atom stereocenters. The second-order valence-electron chi connectivity index (χ2n) is 6.11. The standard InChI is InChI=1S/C22H21IN2O2/c1-2-3-13-27-21-12-11-16-7-4-5-10-19(16)20(21)15-24-25-22(26)17-8-6-9-18(23)14-17/h4-12,14-15H,2-3,13H2,1H3,(H,25,26)/b24-15-. The molecule has 0 aliphatic heterocycles. The molecule has 0 aliphatic rings. The van der Waals surface area contributed by atoms with Gasteiger partial charge in [-0.15, -0.1) is 0 Å². The number of hydrazone groups is 1. The minimum atomic E-state index is -0.238. The Bertz CT molecular complexity index is 969. The molecule has 5 heteroatoms. The lowest BCUT2D eigenvalue weighted by Gasteiger charge is -2.11. The molecule has 0 radical (unpaired) electrons. The molecule has 1 N–H and O–H groups in total. The van der Waals surface area contributed by atoms with E-state index in [1.54, 1.807) is 12.3 Å². The molecular weight excluding hydrogens is 451 g/mol. The number of rotatable bonds is 7. The average molecular weight is 472 g/mol. The van der Waals surface area contributed by atoms with Crippen LogP contribution in [0.1, 0.15) is 35.7 Å². The molecule has 0 saturated heterocycles. The zero-order chi connectivity index (χ0) is 19.1. The molecule has 0 unspecified atom stereocenters. The number of nitrogens with zero attached hydrogens (tertiary/aromatic N) is 1. The molecule has 0 aliphatic carbocycles. The van der Waals surface area contributed by atoms with Crippen LogP contribution in [0.4, 0.5) is 0 Å². The monoisotopic (exact) mass is 472 g/mol. The SMILES string of the molecule is CCCCOc1ccc2ccccc2c1/C=N\NC(=O)c1cccc(I)c1. The Kier molecular flexibility index (Phi) is 6.81. The highest BCUT2D eigenvalue weighted by molar-refractivity contribution is 14.1. The predicted octanol–water partition coefficient (Wildman–Crippen LogP) is 5.39. The molecular formula is C22H21IN2O2. The highest BCUT2D eigenvalue weighted by atomic mass is 127. The Hall–Kier alpha value is -2.41. The Morgan fingerprint density at radius 1 is 1.15 bits per heavy atom. The molecule has 0 aromatic heterocycles. The molecule has 3 aromatic rings. The molecule has 0 spiro atoms. The van der Waals surface area contributed by atoms with Gasteiger partial charge in [0.1, 0.15) is 5.75 Å². The number of halogens is 1. The number of hydrogen-bond acceptors (Lipinski definition) is 3. The average Bonchev–Trinajstić information content (AvgIpc) is 2.69. The first-order chi connectivity index (χ1) is 13.2. The van der Waals surface area contributed by atoms with Crippen LogP contribution in [0, 0.1) is 3.57 Å². The van der Waals surface area contributed by atoms with E-state index >= 15 is 0 Å². The highest BCUT2D eigenvalue weighted by Gasteiger charge is 2.08. The normalized spacial score (nSPS) is 11.0. The van der Waals surface area contributed by atoms with Crippen molar-refractivity contribution < 1.29 is 9.53 Å². The smallest absolute Gasteiger partial charge is 0.271 e. The number of unbranched alkanes of at least 4 members (excludes halogenated alkanes) is 1. The maximum atomic E-state index is 12.3. The Morgan fingerprint density at radius 3 is 2.81 bits per heavy atom. The van der Waals surface area contributed by atoms with Crippen molar-refractivity contribution in [2.24, 2.45) is 5.10 Å². The fourth-order valence-corrected chi connectivity index (χ4v) is 3.25. The summed E-state index contributed by atoms with van der Waals surface area (Å²) in [5.41, 5.74) is 4.05. The zero-order valence-electron chi connectivity index (χ0n) is 15.1. The minimum Gasteiger partial charge on any atom is -0.493 e. The lowest BCUT2D eigenvalue weighted by atomic mass is 10.0. The Labute approximate surface area is 172 Å². The van der Waals surface area contributed by atoms with Crippen molar-refractivity contribution in [1.82, 2.24) is 5.43 Å². The maximum absolute atomic E-state index is 12.3. The van der Waals surface area contributed by atoms with Crippen LogP contribution in [-0.2, 0) is 0 Å². The van der Waals surface area contributed by atoms with Gasteiger partial charge in [0.25, 0.3) is 5.91 Å². The number of ether oxygens (including phenoxy) is 1. The largest absolute Gasteiger partial charge is 0.493 e. The fraction of sp³-hybridized carbons (Fsp3) is 0.182. The molecule has 138 valence electrons. The third kappa shape index (κ3) is 5.07. The fourth-order valence-electron chi connectivity index (χ4n) is 2.71. The van der Waals surface area contributed by atoms with Gasteiger partial charge in [-0.3, -0.25) is 4.79 Å². The highest BCUT2D eigenvalue weighted by Crippen LogP contribution is 2.27. The number of hydrogen-bond donors (Lipinski definition) is 1. The summed E-state index contributed by atoms with van der Waals surface area (Å²) < 4.78 is 6.94. The van der Waals surface area contributed by atoms with Crippen LogP contribution in [0.2, 0.25) is 0 Å². The topological polar surface area (TPSA) is 50.7 Å². The van der Waals surface area contributed by atoms with Crippen molar-refractivity contribution in [1.29, 1.82) is 0 Å². The molecule has 1 amide bonds. The van der Waals surface area contributed by atoms with E-state index in [0.717, 1.165) is 38.5 Å². The number of benzene rings is 3. The first kappa shape index (κ1) is 19.4. The molecule has 0 fully saturated rings. The Balaban J connectivity index is 1.84. The van der Waals surface area contributed by atoms with Crippen molar-refractivity contribution in [2.45, 2.75) is 19.8 Å². The van der Waals surface area contributed by atoms with E-state index in [0.29, 0.717) is 12.2 Å². The molecule has 0 saturated carbocycles. The van der Waals surface area contributed by atoms with Crippen molar-refractivity contribution in [3.8, 4) is 5.75 Å². The summed E-state index contributed by atoms with van der Waals surface area (Å²) in [5.74, 6) is 0.535. The Morgan fingerprint density at radius 2 is 2.00 bits per heavy atom. The summed E-state index contributed by atoms with van der Waals surface area (Å²) in [6.45, 7) is 2.79. The number of fused-ring (bicyclic) bond motifs is 1. The van der Waals surface area contributed by atoms with Gasteiger partial charge in [-0.1, -0.05) is 49.7 Å². The van der Waals surface area contributed by atoms with E-state index in [9.17, 15) is 4.79 Å². The van der Waals surface area contributed by atoms with Crippen LogP contribution in [0.25, 0.3) is 10.8 Å². The van der Waals surface area contributed by atoms with E-state index in [4.69, 9.17) is 4.74 Å². The maximum Gasteiger partial charge on any atom is 0.271 e. The molecule has 4 nitrogen and oxygen atoms in total. The number of carbonyl (C=O) groups excluding carboxylic acids is 1. The minimum absolute atomic E-state index is 0.238. The van der Waals surface area contributed by atoms with Gasteiger partial charge in [0.2, 0.25) is 0 Å². The summed E-state index contributed by atoms with van der Waals surface area (Å²) in [6, 6.07) is 19.4. The molecule has 0 bridgehead atoms. The lowest BCUT2D eigenvalue weighted by molar-refractivity contribution is 0.0955. The van der Waals surface area contributed by atoms with Crippen molar-refractivity contribution in [2.75, 3.05) is 6.61 Å². The van der Waals surface area contributed by atoms with Gasteiger partial charge in [-0.25, -0.2) is 5.43 Å². The first-order valence-corrected chi connectivity index (χ1v) is 10.0. The van der Waals surface area contributed by atoms with Crippen LogP contribution in [0.5, 0.6) is 5.75 Å². The van der Waals surface area contributed by atoms with Crippen molar-refractivity contribution in [3.05, 3.63) is 75.4 Å². The van der Waals surface area contributed by atoms with Gasteiger partial charge >= 0.3 is 0 Å². The zero-order valence-corrected chi connectivity index (χ0v) is 17.3. The molecule has 3 rings (SSSR count). The van der Waals surface area contributed by atoms with Gasteiger partial charge < -0.3 is 4.74 Å². The molecule has 3 aromatic carbocycles. The number of amides is 1. The summed E-state index contributed by atoms with van der Waals surface area (Å²) in [5, 5.41) is 6.32. The van der Waals surface area contributed by atoms with E-state index in [1.807, 2.05) is 54.6 Å². The second-order valence-corrected chi connectivity index (χ2v) is 7.36. The van der Waals surface area contributed by atoms with Gasteiger partial charge in [-0.2, -0.15) is 5.10 Å². The van der Waals surface area contributed by atoms with Gasteiger partial charge in [0.05, 0.1) is 12.8 Å². The molecule has 0 heterocycles. The van der Waals surface area contributed by atoms with Crippen LogP contribution in [0.15, 0.2) is 65.8 Å². The van der Waals surface area contributed by atoms with E-state index < -0.39 is 0 Å². The summed E-state index contributed by atoms with van der Waals surface area (Å²) >= 11 is 2.18. The van der Waals surface area contributed by atoms with Crippen molar-refractivity contribution >= 4 is 45.5 Å². The van der Waals surface area contributed by atoms with Crippen LogP contribution in [0.3, 0.4) is 0 Å².